The molecular weight excluding hydrogens is 422 g/mol. The summed E-state index contributed by atoms with van der Waals surface area (Å²) in [5.74, 6) is 0. The molecule has 1 aromatic heterocycles. The van der Waals surface area contributed by atoms with Gasteiger partial charge in [-0.2, -0.15) is 0 Å². The second kappa shape index (κ2) is 10.0. The predicted molar refractivity (Wildman–Crippen MR) is 137 cm³/mol. The number of H-pyrrole nitrogens is 1. The van der Waals surface area contributed by atoms with Gasteiger partial charge in [0.1, 0.15) is 0 Å². The van der Waals surface area contributed by atoms with Crippen molar-refractivity contribution >= 4 is 0 Å². The van der Waals surface area contributed by atoms with Gasteiger partial charge in [0.05, 0.1) is 25.6 Å². The Morgan fingerprint density at radius 3 is 2.26 bits per heavy atom. The minimum absolute atomic E-state index is 0.00568. The van der Waals surface area contributed by atoms with Crippen molar-refractivity contribution in [3.05, 3.63) is 89.0 Å². The van der Waals surface area contributed by atoms with E-state index in [-0.39, 0.29) is 23.2 Å². The van der Waals surface area contributed by atoms with Crippen LogP contribution in [0.3, 0.4) is 0 Å². The Morgan fingerprint density at radius 1 is 1.00 bits per heavy atom. The number of benzene rings is 2. The van der Waals surface area contributed by atoms with Crippen molar-refractivity contribution in [3.63, 3.8) is 0 Å². The molecule has 2 heterocycles. The Morgan fingerprint density at radius 2 is 1.68 bits per heavy atom. The summed E-state index contributed by atoms with van der Waals surface area (Å²) in [5, 5.41) is 0. The van der Waals surface area contributed by atoms with Crippen LogP contribution in [0.15, 0.2) is 61.1 Å². The van der Waals surface area contributed by atoms with Crippen molar-refractivity contribution in [2.75, 3.05) is 13.2 Å². The number of nitrogens with one attached hydrogen (secondary N) is 1. The first-order valence-corrected chi connectivity index (χ1v) is 12.3. The van der Waals surface area contributed by atoms with Gasteiger partial charge in [0.2, 0.25) is 0 Å². The minimum Gasteiger partial charge on any atom is -0.349 e. The zero-order chi connectivity index (χ0) is 24.3. The molecule has 0 bridgehead atoms. The Kier molecular flexibility index (Phi) is 7.27. The van der Waals surface area contributed by atoms with Crippen molar-refractivity contribution in [2.45, 2.75) is 77.9 Å². The van der Waals surface area contributed by atoms with Crippen LogP contribution in [0.4, 0.5) is 0 Å². The van der Waals surface area contributed by atoms with Crippen molar-refractivity contribution in [1.82, 2.24) is 14.9 Å². The molecule has 3 aromatic rings. The van der Waals surface area contributed by atoms with E-state index in [4.69, 9.17) is 9.47 Å². The lowest BCUT2D eigenvalue weighted by molar-refractivity contribution is -0.218. The summed E-state index contributed by atoms with van der Waals surface area (Å²) >= 11 is 0. The molecule has 2 unspecified atom stereocenters. The number of nitrogens with zero attached hydrogens (tertiary/aromatic N) is 2. The van der Waals surface area contributed by atoms with Crippen molar-refractivity contribution in [2.24, 2.45) is 0 Å². The number of aromatic nitrogens is 2. The van der Waals surface area contributed by atoms with E-state index >= 15 is 0 Å². The molecule has 0 saturated carbocycles. The molecule has 182 valence electrons. The molecule has 4 rings (SSSR count). The van der Waals surface area contributed by atoms with Crippen LogP contribution in [0.25, 0.3) is 0 Å². The molecule has 34 heavy (non-hydrogen) atoms. The van der Waals surface area contributed by atoms with Gasteiger partial charge in [-0.1, -0.05) is 90.1 Å². The average Bonchev–Trinajstić information content (AvgIpc) is 3.30. The number of hydrogen-bond donors (Lipinski definition) is 1. The lowest BCUT2D eigenvalue weighted by Gasteiger charge is -2.41. The van der Waals surface area contributed by atoms with Gasteiger partial charge in [0, 0.05) is 25.0 Å². The van der Waals surface area contributed by atoms with E-state index in [1.807, 2.05) is 12.3 Å². The quantitative estimate of drug-likeness (QED) is 0.480. The normalized spacial score (nSPS) is 19.9. The monoisotopic (exact) mass is 461 g/mol. The Bertz CT molecular complexity index is 1020. The third kappa shape index (κ3) is 5.96. The van der Waals surface area contributed by atoms with E-state index in [9.17, 15) is 0 Å². The van der Waals surface area contributed by atoms with Crippen LogP contribution in [0.2, 0.25) is 0 Å². The van der Waals surface area contributed by atoms with Gasteiger partial charge < -0.3 is 14.5 Å². The van der Waals surface area contributed by atoms with Crippen LogP contribution < -0.4 is 0 Å². The lowest BCUT2D eigenvalue weighted by atomic mass is 9.79. The van der Waals surface area contributed by atoms with E-state index in [1.54, 1.807) is 6.33 Å². The van der Waals surface area contributed by atoms with E-state index in [0.717, 1.165) is 18.8 Å². The maximum Gasteiger partial charge on any atom is 0.177 e. The zero-order valence-electron chi connectivity index (χ0n) is 21.5. The van der Waals surface area contributed by atoms with Crippen LogP contribution in [0, 0.1) is 0 Å². The second-order valence-electron chi connectivity index (χ2n) is 11.4. The fourth-order valence-electron chi connectivity index (χ4n) is 4.43. The predicted octanol–water partition coefficient (Wildman–Crippen LogP) is 6.12. The molecule has 2 aromatic carbocycles. The summed E-state index contributed by atoms with van der Waals surface area (Å²) in [6.45, 7) is 16.4. The largest absolute Gasteiger partial charge is 0.349 e. The first-order valence-electron chi connectivity index (χ1n) is 12.3. The topological polar surface area (TPSA) is 50.4 Å². The maximum atomic E-state index is 6.53. The van der Waals surface area contributed by atoms with Gasteiger partial charge in [0.25, 0.3) is 0 Å². The fourth-order valence-corrected chi connectivity index (χ4v) is 4.43. The van der Waals surface area contributed by atoms with Gasteiger partial charge in [-0.3, -0.25) is 4.90 Å². The van der Waals surface area contributed by atoms with Crippen molar-refractivity contribution < 1.29 is 9.47 Å². The fraction of sp³-hybridized carbons (Fsp3) is 0.483. The Labute approximate surface area is 204 Å². The molecule has 0 aliphatic carbocycles. The van der Waals surface area contributed by atoms with Crippen LogP contribution >= 0.6 is 0 Å². The number of ether oxygens (including phenoxy) is 2. The standard InChI is InChI=1S/C29H39N3O2/c1-28(2,3)23-14-21(15-24(16-23)29(4,5)6)19-34-27-26(22-10-8-7-9-11-22)32(12-13-33-27)18-25-17-30-20-31-25/h7-11,14-17,20,26-27H,12-13,18-19H2,1-6H3,(H,30,31). The molecule has 5 heteroatoms. The van der Waals surface area contributed by atoms with Gasteiger partial charge >= 0.3 is 0 Å². The lowest BCUT2D eigenvalue weighted by Crippen LogP contribution is -2.46. The summed E-state index contributed by atoms with van der Waals surface area (Å²) in [6.07, 6.45) is 3.27. The number of aromatic amines is 1. The van der Waals surface area contributed by atoms with Crippen LogP contribution in [-0.2, 0) is 33.5 Å². The maximum absolute atomic E-state index is 6.53. The third-order valence-corrected chi connectivity index (χ3v) is 6.52. The van der Waals surface area contributed by atoms with E-state index in [1.165, 1.54) is 22.3 Å². The molecule has 0 spiro atoms. The summed E-state index contributed by atoms with van der Waals surface area (Å²) in [5.41, 5.74) is 6.31. The number of morpholine rings is 1. The smallest absolute Gasteiger partial charge is 0.177 e. The van der Waals surface area contributed by atoms with Crippen LogP contribution in [0.5, 0.6) is 0 Å². The van der Waals surface area contributed by atoms with Crippen molar-refractivity contribution in [1.29, 1.82) is 0 Å². The van der Waals surface area contributed by atoms with Gasteiger partial charge in [0.15, 0.2) is 6.29 Å². The molecule has 1 aliphatic heterocycles. The average molecular weight is 462 g/mol. The molecule has 1 aliphatic rings. The van der Waals surface area contributed by atoms with E-state index in [2.05, 4.69) is 98.9 Å². The van der Waals surface area contributed by atoms with E-state index in [0.29, 0.717) is 13.2 Å². The molecule has 1 saturated heterocycles. The molecule has 1 N–H and O–H groups in total. The SMILES string of the molecule is CC(C)(C)c1cc(COC2OCCN(Cc3cnc[nH]3)C2c2ccccc2)cc(C(C)(C)C)c1. The first kappa shape index (κ1) is 24.6. The first-order chi connectivity index (χ1) is 16.1. The molecule has 2 atom stereocenters. The van der Waals surface area contributed by atoms with Crippen molar-refractivity contribution in [3.8, 4) is 0 Å². The number of imidazole rings is 1. The minimum atomic E-state index is -0.351. The van der Waals surface area contributed by atoms with Gasteiger partial charge in [-0.25, -0.2) is 4.98 Å². The van der Waals surface area contributed by atoms with Gasteiger partial charge in [-0.15, -0.1) is 0 Å². The highest BCUT2D eigenvalue weighted by Gasteiger charge is 2.35. The van der Waals surface area contributed by atoms with E-state index < -0.39 is 0 Å². The highest BCUT2D eigenvalue weighted by atomic mass is 16.7. The molecular formula is C29H39N3O2. The highest BCUT2D eigenvalue weighted by Crippen LogP contribution is 2.34. The summed E-state index contributed by atoms with van der Waals surface area (Å²) < 4.78 is 12.8. The molecule has 1 fully saturated rings. The summed E-state index contributed by atoms with van der Waals surface area (Å²) in [4.78, 5) is 9.85. The summed E-state index contributed by atoms with van der Waals surface area (Å²) in [6, 6.07) is 17.5. The van der Waals surface area contributed by atoms with Crippen LogP contribution in [0.1, 0.15) is 75.5 Å². The number of rotatable bonds is 6. The molecule has 5 nitrogen and oxygen atoms in total. The summed E-state index contributed by atoms with van der Waals surface area (Å²) in [7, 11) is 0. The Hall–Kier alpha value is -2.47. The Balaban J connectivity index is 1.59. The number of hydrogen-bond acceptors (Lipinski definition) is 4. The third-order valence-electron chi connectivity index (χ3n) is 6.52. The zero-order valence-corrected chi connectivity index (χ0v) is 21.5. The van der Waals surface area contributed by atoms with Crippen LogP contribution in [-0.4, -0.2) is 34.3 Å². The molecule has 0 radical (unpaired) electrons. The second-order valence-corrected chi connectivity index (χ2v) is 11.4. The highest BCUT2D eigenvalue weighted by molar-refractivity contribution is 5.37. The van der Waals surface area contributed by atoms with Gasteiger partial charge in [-0.05, 0) is 33.1 Å². The molecule has 0 amide bonds.